The SMILES string of the molecule is CC(=O)Cc1ccc(C(=O)/C=C/c2cn(C)c3ccccc23)cc1. The first-order chi connectivity index (χ1) is 11.5. The van der Waals surface area contributed by atoms with Crippen LogP contribution in [0.4, 0.5) is 0 Å². The summed E-state index contributed by atoms with van der Waals surface area (Å²) < 4.78 is 2.05. The first-order valence-corrected chi connectivity index (χ1v) is 7.89. The van der Waals surface area contributed by atoms with Crippen LogP contribution in [0.3, 0.4) is 0 Å². The standard InChI is InChI=1S/C21H19NO2/c1-15(23)13-16-7-9-17(10-8-16)21(24)12-11-18-14-22(2)20-6-4-3-5-19(18)20/h3-12,14H,13H2,1-2H3/b12-11+. The van der Waals surface area contributed by atoms with Crippen molar-refractivity contribution >= 4 is 28.5 Å². The van der Waals surface area contributed by atoms with Crippen molar-refractivity contribution in [3.05, 3.63) is 77.5 Å². The number of carbonyl (C=O) groups is 2. The Morgan fingerprint density at radius 3 is 2.46 bits per heavy atom. The summed E-state index contributed by atoms with van der Waals surface area (Å²) >= 11 is 0. The second kappa shape index (κ2) is 6.67. The van der Waals surface area contributed by atoms with Gasteiger partial charge in [-0.25, -0.2) is 0 Å². The molecular weight excluding hydrogens is 298 g/mol. The average Bonchev–Trinajstić information content (AvgIpc) is 2.89. The zero-order valence-electron chi connectivity index (χ0n) is 13.8. The van der Waals surface area contributed by atoms with E-state index in [0.29, 0.717) is 12.0 Å². The molecule has 0 unspecified atom stereocenters. The van der Waals surface area contributed by atoms with Gasteiger partial charge in [-0.3, -0.25) is 9.59 Å². The summed E-state index contributed by atoms with van der Waals surface area (Å²) in [6.45, 7) is 1.56. The Morgan fingerprint density at radius 2 is 1.75 bits per heavy atom. The van der Waals surface area contributed by atoms with E-state index in [-0.39, 0.29) is 11.6 Å². The zero-order chi connectivity index (χ0) is 17.1. The molecule has 0 radical (unpaired) electrons. The number of para-hydroxylation sites is 1. The van der Waals surface area contributed by atoms with Gasteiger partial charge in [0.05, 0.1) is 0 Å². The van der Waals surface area contributed by atoms with Crippen LogP contribution in [-0.2, 0) is 18.3 Å². The first kappa shape index (κ1) is 15.9. The van der Waals surface area contributed by atoms with Crippen molar-refractivity contribution in [1.29, 1.82) is 0 Å². The Labute approximate surface area is 141 Å². The third kappa shape index (κ3) is 3.35. The van der Waals surface area contributed by atoms with Gasteiger partial charge in [0.2, 0.25) is 0 Å². The number of allylic oxidation sites excluding steroid dienone is 1. The molecule has 3 nitrogen and oxygen atoms in total. The highest BCUT2D eigenvalue weighted by Gasteiger charge is 2.06. The molecule has 0 spiro atoms. The molecule has 0 N–H and O–H groups in total. The van der Waals surface area contributed by atoms with Crippen molar-refractivity contribution in [3.8, 4) is 0 Å². The molecule has 1 heterocycles. The number of ketones is 2. The molecule has 3 aromatic rings. The second-order valence-electron chi connectivity index (χ2n) is 5.99. The third-order valence-electron chi connectivity index (χ3n) is 4.03. The van der Waals surface area contributed by atoms with Crippen LogP contribution in [0.5, 0.6) is 0 Å². The third-order valence-corrected chi connectivity index (χ3v) is 4.03. The first-order valence-electron chi connectivity index (χ1n) is 7.89. The van der Waals surface area contributed by atoms with Gasteiger partial charge in [-0.1, -0.05) is 42.5 Å². The highest BCUT2D eigenvalue weighted by molar-refractivity contribution is 6.07. The normalized spacial score (nSPS) is 11.2. The fraction of sp³-hybridized carbons (Fsp3) is 0.143. The summed E-state index contributed by atoms with van der Waals surface area (Å²) in [4.78, 5) is 23.5. The molecule has 3 heteroatoms. The quantitative estimate of drug-likeness (QED) is 0.522. The van der Waals surface area contributed by atoms with Crippen molar-refractivity contribution in [2.75, 3.05) is 0 Å². The lowest BCUT2D eigenvalue weighted by atomic mass is 10.0. The maximum absolute atomic E-state index is 12.3. The molecule has 2 aromatic carbocycles. The number of carbonyl (C=O) groups excluding carboxylic acids is 2. The Kier molecular flexibility index (Phi) is 4.43. The molecule has 0 aliphatic heterocycles. The number of fused-ring (bicyclic) bond motifs is 1. The number of benzene rings is 2. The Hall–Kier alpha value is -2.94. The molecule has 0 aliphatic carbocycles. The van der Waals surface area contributed by atoms with Crippen LogP contribution in [-0.4, -0.2) is 16.1 Å². The van der Waals surface area contributed by atoms with Crippen LogP contribution in [0.1, 0.15) is 28.4 Å². The molecule has 1 aromatic heterocycles. The summed E-state index contributed by atoms with van der Waals surface area (Å²) in [5.74, 6) is 0.0715. The van der Waals surface area contributed by atoms with Crippen molar-refractivity contribution in [1.82, 2.24) is 4.57 Å². The van der Waals surface area contributed by atoms with Gasteiger partial charge in [-0.2, -0.15) is 0 Å². The predicted octanol–water partition coefficient (Wildman–Crippen LogP) is 4.21. The summed E-state index contributed by atoms with van der Waals surface area (Å²) in [7, 11) is 2.00. The molecule has 24 heavy (non-hydrogen) atoms. The van der Waals surface area contributed by atoms with Gasteiger partial charge in [0.1, 0.15) is 5.78 Å². The second-order valence-corrected chi connectivity index (χ2v) is 5.99. The van der Waals surface area contributed by atoms with E-state index in [2.05, 4.69) is 16.7 Å². The van der Waals surface area contributed by atoms with Gasteiger partial charge in [-0.05, 0) is 30.7 Å². The van der Waals surface area contributed by atoms with Gasteiger partial charge in [0.15, 0.2) is 5.78 Å². The van der Waals surface area contributed by atoms with E-state index in [1.54, 1.807) is 25.1 Å². The van der Waals surface area contributed by atoms with Crippen LogP contribution >= 0.6 is 0 Å². The number of nitrogens with zero attached hydrogens (tertiary/aromatic N) is 1. The predicted molar refractivity (Wildman–Crippen MR) is 97.1 cm³/mol. The smallest absolute Gasteiger partial charge is 0.185 e. The minimum Gasteiger partial charge on any atom is -0.350 e. The average molecular weight is 317 g/mol. The molecule has 0 aliphatic rings. The molecule has 0 fully saturated rings. The molecular formula is C21H19NO2. The maximum atomic E-state index is 12.3. The number of Topliss-reactive ketones (excluding diaryl/α,β-unsaturated/α-hetero) is 1. The van der Waals surface area contributed by atoms with E-state index >= 15 is 0 Å². The van der Waals surface area contributed by atoms with Crippen LogP contribution in [0.15, 0.2) is 60.8 Å². The lowest BCUT2D eigenvalue weighted by molar-refractivity contribution is -0.116. The Bertz CT molecular complexity index is 930. The lowest BCUT2D eigenvalue weighted by Crippen LogP contribution is -1.98. The van der Waals surface area contributed by atoms with E-state index in [9.17, 15) is 9.59 Å². The van der Waals surface area contributed by atoms with E-state index in [1.165, 1.54) is 0 Å². The van der Waals surface area contributed by atoms with Crippen LogP contribution < -0.4 is 0 Å². The highest BCUT2D eigenvalue weighted by Crippen LogP contribution is 2.21. The molecule has 0 saturated carbocycles. The van der Waals surface area contributed by atoms with E-state index in [0.717, 1.165) is 22.0 Å². The number of rotatable bonds is 5. The fourth-order valence-corrected chi connectivity index (χ4v) is 2.84. The number of aromatic nitrogens is 1. The number of hydrogen-bond donors (Lipinski definition) is 0. The zero-order valence-corrected chi connectivity index (χ0v) is 13.8. The summed E-state index contributed by atoms with van der Waals surface area (Å²) in [5.41, 5.74) is 3.71. The van der Waals surface area contributed by atoms with Crippen molar-refractivity contribution in [3.63, 3.8) is 0 Å². The lowest BCUT2D eigenvalue weighted by Gasteiger charge is -2.00. The van der Waals surface area contributed by atoms with Gasteiger partial charge in [-0.15, -0.1) is 0 Å². The largest absolute Gasteiger partial charge is 0.350 e. The Balaban J connectivity index is 1.80. The summed E-state index contributed by atoms with van der Waals surface area (Å²) in [6, 6.07) is 15.3. The molecule has 0 saturated heterocycles. The van der Waals surface area contributed by atoms with Gasteiger partial charge < -0.3 is 4.57 Å². The maximum Gasteiger partial charge on any atom is 0.185 e. The van der Waals surface area contributed by atoms with E-state index < -0.39 is 0 Å². The Morgan fingerprint density at radius 1 is 1.04 bits per heavy atom. The summed E-state index contributed by atoms with van der Waals surface area (Å²) in [5, 5.41) is 1.13. The van der Waals surface area contributed by atoms with E-state index in [1.807, 2.05) is 43.6 Å². The van der Waals surface area contributed by atoms with Crippen molar-refractivity contribution in [2.24, 2.45) is 7.05 Å². The van der Waals surface area contributed by atoms with Gasteiger partial charge >= 0.3 is 0 Å². The molecule has 3 rings (SSSR count). The van der Waals surface area contributed by atoms with E-state index in [4.69, 9.17) is 0 Å². The number of hydrogen-bond acceptors (Lipinski definition) is 2. The fourth-order valence-electron chi connectivity index (χ4n) is 2.84. The van der Waals surface area contributed by atoms with Crippen molar-refractivity contribution < 1.29 is 9.59 Å². The molecule has 0 amide bonds. The van der Waals surface area contributed by atoms with Gasteiger partial charge in [0.25, 0.3) is 0 Å². The van der Waals surface area contributed by atoms with Gasteiger partial charge in [0, 0.05) is 41.7 Å². The minimum absolute atomic E-state index is 0.0442. The molecule has 120 valence electrons. The van der Waals surface area contributed by atoms with Crippen LogP contribution in [0, 0.1) is 0 Å². The summed E-state index contributed by atoms with van der Waals surface area (Å²) in [6.07, 6.45) is 5.88. The number of aryl methyl sites for hydroxylation is 1. The minimum atomic E-state index is -0.0442. The molecule has 0 bridgehead atoms. The van der Waals surface area contributed by atoms with Crippen LogP contribution in [0.25, 0.3) is 17.0 Å². The van der Waals surface area contributed by atoms with Crippen molar-refractivity contribution in [2.45, 2.75) is 13.3 Å². The van der Waals surface area contributed by atoms with Crippen LogP contribution in [0.2, 0.25) is 0 Å². The topological polar surface area (TPSA) is 39.1 Å². The molecule has 0 atom stereocenters. The highest BCUT2D eigenvalue weighted by atomic mass is 16.1. The monoisotopic (exact) mass is 317 g/mol.